The average Bonchev–Trinajstić information content (AvgIpc) is 2.60. The molecule has 6 nitrogen and oxygen atoms in total. The Morgan fingerprint density at radius 3 is 2.50 bits per heavy atom. The maximum atomic E-state index is 13.9. The number of nitrogens with one attached hydrogen (secondary N) is 1. The molecule has 0 fully saturated rings. The molecule has 8 heteroatoms. The second-order valence-electron chi connectivity index (χ2n) is 6.33. The van der Waals surface area contributed by atoms with E-state index in [1.807, 2.05) is 6.07 Å². The van der Waals surface area contributed by atoms with Crippen LogP contribution in [-0.4, -0.2) is 37.3 Å². The molecule has 2 rings (SSSR count). The van der Waals surface area contributed by atoms with Crippen LogP contribution in [0, 0.1) is 11.7 Å². The molecule has 1 heterocycles. The van der Waals surface area contributed by atoms with Gasteiger partial charge in [-0.25, -0.2) is 12.8 Å². The average molecular weight is 379 g/mol. The van der Waals surface area contributed by atoms with Crippen molar-refractivity contribution in [2.24, 2.45) is 5.92 Å². The van der Waals surface area contributed by atoms with E-state index in [9.17, 15) is 17.6 Å². The minimum atomic E-state index is -4.17. The Labute approximate surface area is 153 Å². The van der Waals surface area contributed by atoms with Gasteiger partial charge in [0.1, 0.15) is 16.8 Å². The van der Waals surface area contributed by atoms with E-state index < -0.39 is 32.7 Å². The number of nitrogens with zero attached hydrogens (tertiary/aromatic N) is 2. The Hall–Kier alpha value is -2.32. The third-order valence-corrected chi connectivity index (χ3v) is 5.33. The van der Waals surface area contributed by atoms with Crippen LogP contribution in [0.3, 0.4) is 0 Å². The molecule has 1 unspecified atom stereocenters. The molecular weight excluding hydrogens is 357 g/mol. The topological polar surface area (TPSA) is 79.4 Å². The molecule has 0 spiro atoms. The minimum Gasteiger partial charge on any atom is -0.340 e. The Kier molecular flexibility index (Phi) is 6.44. The molecule has 0 aliphatic heterocycles. The van der Waals surface area contributed by atoms with Gasteiger partial charge < -0.3 is 4.90 Å². The Balaban J connectivity index is 2.20. The number of aromatic nitrogens is 1. The van der Waals surface area contributed by atoms with Gasteiger partial charge in [-0.15, -0.1) is 0 Å². The van der Waals surface area contributed by atoms with Crippen LogP contribution in [0.1, 0.15) is 19.4 Å². The standard InChI is InChI=1S/C18H22FN3O3S/c1-13(2)17(18(23)22(3)12-14-7-6-10-20-11-14)21-26(24,25)16-9-5-4-8-15(16)19/h4-11,13,17,21H,12H2,1-3H3. The summed E-state index contributed by atoms with van der Waals surface area (Å²) in [5.41, 5.74) is 0.822. The Morgan fingerprint density at radius 1 is 1.23 bits per heavy atom. The molecular formula is C18H22FN3O3S. The predicted octanol–water partition coefficient (Wildman–Crippen LogP) is 2.18. The van der Waals surface area contributed by atoms with Crippen molar-refractivity contribution >= 4 is 15.9 Å². The summed E-state index contributed by atoms with van der Waals surface area (Å²) in [6.07, 6.45) is 3.27. The van der Waals surface area contributed by atoms with Gasteiger partial charge in [0.2, 0.25) is 15.9 Å². The lowest BCUT2D eigenvalue weighted by molar-refractivity contribution is -0.133. The van der Waals surface area contributed by atoms with Gasteiger partial charge in [-0.1, -0.05) is 32.0 Å². The number of hydrogen-bond acceptors (Lipinski definition) is 4. The first-order chi connectivity index (χ1) is 12.2. The van der Waals surface area contributed by atoms with Gasteiger partial charge in [-0.2, -0.15) is 4.72 Å². The maximum Gasteiger partial charge on any atom is 0.244 e. The maximum absolute atomic E-state index is 13.9. The molecule has 0 aliphatic rings. The number of rotatable bonds is 7. The molecule has 0 bridgehead atoms. The van der Waals surface area contributed by atoms with Crippen LogP contribution in [0.4, 0.5) is 4.39 Å². The first kappa shape index (κ1) is 20.0. The largest absolute Gasteiger partial charge is 0.340 e. The van der Waals surface area contributed by atoms with E-state index in [0.717, 1.165) is 11.6 Å². The number of sulfonamides is 1. The van der Waals surface area contributed by atoms with Crippen molar-refractivity contribution in [2.75, 3.05) is 7.05 Å². The molecule has 0 saturated carbocycles. The fraction of sp³-hybridized carbons (Fsp3) is 0.333. The number of carbonyl (C=O) groups excluding carboxylic acids is 1. The third-order valence-electron chi connectivity index (χ3n) is 3.86. The molecule has 1 atom stereocenters. The third kappa shape index (κ3) is 4.86. The van der Waals surface area contributed by atoms with Crippen LogP contribution in [0.25, 0.3) is 0 Å². The van der Waals surface area contributed by atoms with E-state index >= 15 is 0 Å². The summed E-state index contributed by atoms with van der Waals surface area (Å²) in [4.78, 5) is 17.7. The number of hydrogen-bond donors (Lipinski definition) is 1. The summed E-state index contributed by atoms with van der Waals surface area (Å²) in [5.74, 6) is -1.58. The summed E-state index contributed by atoms with van der Waals surface area (Å²) in [5, 5.41) is 0. The second-order valence-corrected chi connectivity index (χ2v) is 8.01. The minimum absolute atomic E-state index is 0.289. The van der Waals surface area contributed by atoms with Gasteiger partial charge in [0.15, 0.2) is 0 Å². The fourth-order valence-electron chi connectivity index (χ4n) is 2.45. The van der Waals surface area contributed by atoms with Crippen molar-refractivity contribution < 1.29 is 17.6 Å². The highest BCUT2D eigenvalue weighted by atomic mass is 32.2. The van der Waals surface area contributed by atoms with Crippen LogP contribution in [-0.2, 0) is 21.4 Å². The Morgan fingerprint density at radius 2 is 1.92 bits per heavy atom. The number of likely N-dealkylation sites (N-methyl/N-ethyl adjacent to an activating group) is 1. The zero-order chi connectivity index (χ0) is 19.3. The van der Waals surface area contributed by atoms with Crippen molar-refractivity contribution in [1.29, 1.82) is 0 Å². The molecule has 0 radical (unpaired) electrons. The quantitative estimate of drug-likeness (QED) is 0.800. The van der Waals surface area contributed by atoms with E-state index in [4.69, 9.17) is 0 Å². The van der Waals surface area contributed by atoms with E-state index in [-0.39, 0.29) is 12.5 Å². The molecule has 1 N–H and O–H groups in total. The van der Waals surface area contributed by atoms with Crippen LogP contribution < -0.4 is 4.72 Å². The summed E-state index contributed by atoms with van der Waals surface area (Å²) in [7, 11) is -2.59. The molecule has 2 aromatic rings. The van der Waals surface area contributed by atoms with Crippen LogP contribution >= 0.6 is 0 Å². The van der Waals surface area contributed by atoms with Gasteiger partial charge >= 0.3 is 0 Å². The van der Waals surface area contributed by atoms with E-state index in [0.29, 0.717) is 0 Å². The summed E-state index contributed by atoms with van der Waals surface area (Å²) in [6.45, 7) is 3.74. The normalized spacial score (nSPS) is 12.8. The molecule has 26 heavy (non-hydrogen) atoms. The molecule has 1 aromatic carbocycles. The van der Waals surface area contributed by atoms with Gasteiger partial charge in [0, 0.05) is 26.0 Å². The number of amides is 1. The summed E-state index contributed by atoms with van der Waals surface area (Å²) in [6, 6.07) is 7.63. The Bertz CT molecular complexity index is 857. The van der Waals surface area contributed by atoms with Gasteiger partial charge in [-0.3, -0.25) is 9.78 Å². The van der Waals surface area contributed by atoms with Crippen molar-refractivity contribution in [3.63, 3.8) is 0 Å². The second kappa shape index (κ2) is 8.37. The SMILES string of the molecule is CC(C)C(NS(=O)(=O)c1ccccc1F)C(=O)N(C)Cc1cccnc1. The number of pyridine rings is 1. The molecule has 1 aromatic heterocycles. The molecule has 1 amide bonds. The first-order valence-electron chi connectivity index (χ1n) is 8.13. The smallest absolute Gasteiger partial charge is 0.244 e. The van der Waals surface area contributed by atoms with Crippen LogP contribution in [0.15, 0.2) is 53.7 Å². The number of halogens is 1. The number of benzene rings is 1. The van der Waals surface area contributed by atoms with Crippen molar-refractivity contribution in [1.82, 2.24) is 14.6 Å². The summed E-state index contributed by atoms with van der Waals surface area (Å²) < 4.78 is 41.2. The van der Waals surface area contributed by atoms with Crippen molar-refractivity contribution in [3.8, 4) is 0 Å². The van der Waals surface area contributed by atoms with Crippen LogP contribution in [0.5, 0.6) is 0 Å². The van der Waals surface area contributed by atoms with Crippen molar-refractivity contribution in [2.45, 2.75) is 31.3 Å². The van der Waals surface area contributed by atoms with E-state index in [2.05, 4.69) is 9.71 Å². The lowest BCUT2D eigenvalue weighted by atomic mass is 10.0. The first-order valence-corrected chi connectivity index (χ1v) is 9.61. The van der Waals surface area contributed by atoms with Gasteiger partial charge in [0.25, 0.3) is 0 Å². The van der Waals surface area contributed by atoms with E-state index in [1.165, 1.54) is 23.1 Å². The predicted molar refractivity (Wildman–Crippen MR) is 96.1 cm³/mol. The lowest BCUT2D eigenvalue weighted by Gasteiger charge is -2.27. The highest BCUT2D eigenvalue weighted by molar-refractivity contribution is 7.89. The highest BCUT2D eigenvalue weighted by Crippen LogP contribution is 2.16. The molecule has 0 aliphatic carbocycles. The van der Waals surface area contributed by atoms with Crippen molar-refractivity contribution in [3.05, 3.63) is 60.2 Å². The van der Waals surface area contributed by atoms with E-state index in [1.54, 1.807) is 39.4 Å². The molecule has 0 saturated heterocycles. The zero-order valence-corrected chi connectivity index (χ0v) is 15.7. The summed E-state index contributed by atoms with van der Waals surface area (Å²) >= 11 is 0. The highest BCUT2D eigenvalue weighted by Gasteiger charge is 2.31. The number of carbonyl (C=O) groups is 1. The van der Waals surface area contributed by atoms with Gasteiger partial charge in [0.05, 0.1) is 0 Å². The fourth-order valence-corrected chi connectivity index (χ4v) is 3.86. The zero-order valence-electron chi connectivity index (χ0n) is 14.9. The monoisotopic (exact) mass is 379 g/mol. The van der Waals surface area contributed by atoms with Crippen LogP contribution in [0.2, 0.25) is 0 Å². The van der Waals surface area contributed by atoms with Gasteiger partial charge in [-0.05, 0) is 29.7 Å². The molecule has 140 valence electrons. The lowest BCUT2D eigenvalue weighted by Crippen LogP contribution is -2.50.